The molecule has 3 bridgehead atoms. The number of carbonyl (C=O) groups excluding carboxylic acids is 1. The highest BCUT2D eigenvalue weighted by molar-refractivity contribution is 6.37. The molecule has 2 aliphatic carbocycles. The van der Waals surface area contributed by atoms with Crippen LogP contribution in [-0.4, -0.2) is 51.2 Å². The Bertz CT molecular complexity index is 1000. The molecule has 3 aliphatic rings. The number of likely N-dealkylation sites (tertiary alicyclic amines) is 1. The number of H-pyrrole nitrogens is 1. The van der Waals surface area contributed by atoms with E-state index in [1.54, 1.807) is 13.3 Å². The van der Waals surface area contributed by atoms with Gasteiger partial charge in [-0.2, -0.15) is 0 Å². The van der Waals surface area contributed by atoms with Gasteiger partial charge in [0.15, 0.2) is 5.75 Å². The number of nitrogens with zero attached hydrogens (tertiary/aromatic N) is 2. The van der Waals surface area contributed by atoms with Gasteiger partial charge in [-0.05, 0) is 54.9 Å². The number of rotatable bonds is 4. The lowest BCUT2D eigenvalue weighted by molar-refractivity contribution is -0.178. The lowest BCUT2D eigenvalue weighted by atomic mass is 9.52. The zero-order valence-corrected chi connectivity index (χ0v) is 18.6. The molecule has 5 rings (SSSR count). The molecule has 6 nitrogen and oxygen atoms in total. The fourth-order valence-electron chi connectivity index (χ4n) is 6.54. The number of aliphatic hydroxyl groups is 1. The Kier molecular flexibility index (Phi) is 4.60. The number of pyridine rings is 1. The molecule has 30 heavy (non-hydrogen) atoms. The maximum Gasteiger partial charge on any atom is 0.223 e. The Balaban J connectivity index is 1.38. The molecule has 5 unspecified atom stereocenters. The predicted molar refractivity (Wildman–Crippen MR) is 116 cm³/mol. The van der Waals surface area contributed by atoms with Crippen LogP contribution in [0.5, 0.6) is 5.75 Å². The second-order valence-electron chi connectivity index (χ2n) is 10.1. The third kappa shape index (κ3) is 3.02. The van der Waals surface area contributed by atoms with Crippen molar-refractivity contribution in [1.29, 1.82) is 0 Å². The van der Waals surface area contributed by atoms with Crippen molar-refractivity contribution in [3.05, 3.63) is 23.0 Å². The molecule has 0 spiro atoms. The van der Waals surface area contributed by atoms with Crippen molar-refractivity contribution in [2.24, 2.45) is 11.3 Å². The molecule has 1 aliphatic heterocycles. The zero-order chi connectivity index (χ0) is 21.3. The minimum Gasteiger partial charge on any atom is -0.494 e. The van der Waals surface area contributed by atoms with Gasteiger partial charge in [0, 0.05) is 30.6 Å². The molecule has 5 atom stereocenters. The second-order valence-corrected chi connectivity index (χ2v) is 10.5. The van der Waals surface area contributed by atoms with E-state index >= 15 is 0 Å². The van der Waals surface area contributed by atoms with E-state index in [1.807, 2.05) is 6.20 Å². The van der Waals surface area contributed by atoms with Crippen molar-refractivity contribution in [1.82, 2.24) is 14.9 Å². The van der Waals surface area contributed by atoms with Gasteiger partial charge in [0.05, 0.1) is 23.9 Å². The van der Waals surface area contributed by atoms with Gasteiger partial charge in [-0.25, -0.2) is 4.98 Å². The molecule has 2 aromatic rings. The van der Waals surface area contributed by atoms with Crippen LogP contribution in [0, 0.1) is 11.3 Å². The molecule has 2 aromatic heterocycles. The van der Waals surface area contributed by atoms with E-state index in [2.05, 4.69) is 28.7 Å². The topological polar surface area (TPSA) is 78.5 Å². The summed E-state index contributed by atoms with van der Waals surface area (Å²) in [5.41, 5.74) is 1.27. The Morgan fingerprint density at radius 2 is 2.30 bits per heavy atom. The number of halogens is 1. The van der Waals surface area contributed by atoms with E-state index < -0.39 is 5.60 Å². The normalized spacial score (nSPS) is 33.7. The summed E-state index contributed by atoms with van der Waals surface area (Å²) < 4.78 is 5.32. The third-order valence-corrected chi connectivity index (χ3v) is 8.42. The van der Waals surface area contributed by atoms with Crippen LogP contribution in [0.4, 0.5) is 0 Å². The van der Waals surface area contributed by atoms with Gasteiger partial charge in [0.1, 0.15) is 5.65 Å². The van der Waals surface area contributed by atoms with Crippen LogP contribution in [0.2, 0.25) is 5.02 Å². The van der Waals surface area contributed by atoms with Gasteiger partial charge in [-0.15, -0.1) is 0 Å². The molecule has 1 amide bonds. The monoisotopic (exact) mass is 431 g/mol. The minimum atomic E-state index is -0.592. The Morgan fingerprint density at radius 1 is 1.50 bits per heavy atom. The number of methoxy groups -OCH3 is 1. The zero-order valence-electron chi connectivity index (χ0n) is 17.9. The highest BCUT2D eigenvalue weighted by Crippen LogP contribution is 2.57. The number of piperidine rings is 1. The number of fused-ring (bicyclic) bond motifs is 3. The molecule has 2 N–H and O–H groups in total. The number of aromatic amines is 1. The van der Waals surface area contributed by atoms with Crippen molar-refractivity contribution in [2.75, 3.05) is 13.7 Å². The standard InChI is InChI=1S/C23H30ClN3O3/c1-13(16-9-25-21-19(16)20(24)17(30-3)10-26-21)6-18(28)27-11-14-4-5-23(29)8-15(27)7-22(14,2)12-23/h9-10,13-15,29H,4-8,11-12H2,1-3H3,(H,25,26). The highest BCUT2D eigenvalue weighted by atomic mass is 35.5. The number of hydrogen-bond donors (Lipinski definition) is 2. The predicted octanol–water partition coefficient (Wildman–Crippen LogP) is 4.26. The lowest BCUT2D eigenvalue weighted by Crippen LogP contribution is -2.64. The van der Waals surface area contributed by atoms with Crippen molar-refractivity contribution in [3.63, 3.8) is 0 Å². The number of carbonyl (C=O) groups is 1. The average Bonchev–Trinajstić information content (AvgIpc) is 3.11. The summed E-state index contributed by atoms with van der Waals surface area (Å²) in [6.07, 6.45) is 8.44. The number of amides is 1. The van der Waals surface area contributed by atoms with Gasteiger partial charge < -0.3 is 19.7 Å². The smallest absolute Gasteiger partial charge is 0.223 e. The number of aromatic nitrogens is 2. The van der Waals surface area contributed by atoms with E-state index in [0.717, 1.165) is 49.6 Å². The van der Waals surface area contributed by atoms with E-state index in [9.17, 15) is 9.90 Å². The van der Waals surface area contributed by atoms with Gasteiger partial charge in [-0.3, -0.25) is 4.79 Å². The minimum absolute atomic E-state index is 0.00479. The first-order valence-corrected chi connectivity index (χ1v) is 11.3. The van der Waals surface area contributed by atoms with E-state index in [0.29, 0.717) is 28.8 Å². The van der Waals surface area contributed by atoms with Crippen LogP contribution >= 0.6 is 11.6 Å². The summed E-state index contributed by atoms with van der Waals surface area (Å²) in [5.74, 6) is 1.19. The van der Waals surface area contributed by atoms with Crippen molar-refractivity contribution < 1.29 is 14.6 Å². The fraction of sp³-hybridized carbons (Fsp3) is 0.652. The summed E-state index contributed by atoms with van der Waals surface area (Å²) in [4.78, 5) is 23.0. The number of hydrogen-bond acceptors (Lipinski definition) is 4. The molecule has 7 heteroatoms. The molecule has 3 heterocycles. The fourth-order valence-corrected chi connectivity index (χ4v) is 6.87. The first kappa shape index (κ1) is 20.1. The Hall–Kier alpha value is -1.79. The highest BCUT2D eigenvalue weighted by Gasteiger charge is 2.57. The second kappa shape index (κ2) is 6.86. The van der Waals surface area contributed by atoms with Crippen molar-refractivity contribution >= 4 is 28.5 Å². The Morgan fingerprint density at radius 3 is 3.07 bits per heavy atom. The molecule has 2 saturated carbocycles. The Labute approximate surface area is 181 Å². The van der Waals surface area contributed by atoms with E-state index in [1.165, 1.54) is 0 Å². The SMILES string of the molecule is COc1cnc2[nH]cc(C(C)CC(=O)N3CC4CCC5(O)CC3CC4(C)C5)c2c1Cl. The molecule has 1 saturated heterocycles. The number of nitrogens with one attached hydrogen (secondary N) is 1. The first-order chi connectivity index (χ1) is 14.2. The number of ether oxygens (including phenoxy) is 1. The molecular formula is C23H30ClN3O3. The molecular weight excluding hydrogens is 402 g/mol. The van der Waals surface area contributed by atoms with Gasteiger partial charge in [0.2, 0.25) is 5.91 Å². The molecule has 0 aromatic carbocycles. The van der Waals surface area contributed by atoms with Crippen LogP contribution < -0.4 is 4.74 Å². The lowest BCUT2D eigenvalue weighted by Gasteiger charge is -2.61. The molecule has 3 fully saturated rings. The summed E-state index contributed by atoms with van der Waals surface area (Å²) in [5, 5.41) is 12.4. The van der Waals surface area contributed by atoms with E-state index in [-0.39, 0.29) is 23.3 Å². The molecule has 162 valence electrons. The first-order valence-electron chi connectivity index (χ1n) is 10.9. The maximum atomic E-state index is 13.4. The van der Waals surface area contributed by atoms with Crippen molar-refractivity contribution in [2.45, 2.75) is 69.9 Å². The van der Waals surface area contributed by atoms with Crippen LogP contribution in [0.15, 0.2) is 12.4 Å². The van der Waals surface area contributed by atoms with Gasteiger partial charge >= 0.3 is 0 Å². The van der Waals surface area contributed by atoms with E-state index in [4.69, 9.17) is 16.3 Å². The summed E-state index contributed by atoms with van der Waals surface area (Å²) in [6.45, 7) is 5.20. The summed E-state index contributed by atoms with van der Waals surface area (Å²) in [7, 11) is 1.57. The van der Waals surface area contributed by atoms with Gasteiger partial charge in [-0.1, -0.05) is 25.4 Å². The summed E-state index contributed by atoms with van der Waals surface area (Å²) in [6, 6.07) is 0.151. The van der Waals surface area contributed by atoms with Gasteiger partial charge in [0.25, 0.3) is 0 Å². The van der Waals surface area contributed by atoms with Crippen LogP contribution in [0.25, 0.3) is 11.0 Å². The van der Waals surface area contributed by atoms with Crippen LogP contribution in [0.1, 0.15) is 63.9 Å². The van der Waals surface area contributed by atoms with Crippen LogP contribution in [-0.2, 0) is 4.79 Å². The summed E-state index contributed by atoms with van der Waals surface area (Å²) >= 11 is 6.55. The third-order valence-electron chi connectivity index (χ3n) is 8.04. The quantitative estimate of drug-likeness (QED) is 0.758. The van der Waals surface area contributed by atoms with Crippen molar-refractivity contribution in [3.8, 4) is 5.75 Å². The maximum absolute atomic E-state index is 13.4. The largest absolute Gasteiger partial charge is 0.494 e. The average molecular weight is 432 g/mol. The van der Waals surface area contributed by atoms with Crippen LogP contribution in [0.3, 0.4) is 0 Å². The molecule has 0 radical (unpaired) electrons.